The lowest BCUT2D eigenvalue weighted by atomic mass is 9.88. The molecule has 3 aromatic rings. The van der Waals surface area contributed by atoms with E-state index >= 15 is 0 Å². The lowest BCUT2D eigenvalue weighted by Crippen LogP contribution is -2.38. The topological polar surface area (TPSA) is 59.2 Å². The standard InChI is InChI=1S/C27H29N3O.2ClH/c1-20(28)24-8-5-9-25(17-24)23-12-14-30(15-13-23)27(31)26-16-22(18-29-19-26)11-10-21-6-3-2-4-7-21;;/h2-11,16-20,23H,12-15,28H2,1H3;2*1H. The fourth-order valence-corrected chi connectivity index (χ4v) is 4.12. The summed E-state index contributed by atoms with van der Waals surface area (Å²) in [5, 5.41) is 0. The summed E-state index contributed by atoms with van der Waals surface area (Å²) in [5.41, 5.74) is 11.2. The van der Waals surface area contributed by atoms with Crippen molar-refractivity contribution in [2.75, 3.05) is 13.1 Å². The first-order chi connectivity index (χ1) is 15.1. The zero-order chi connectivity index (χ0) is 21.6. The molecule has 1 aromatic heterocycles. The molecule has 1 atom stereocenters. The fourth-order valence-electron chi connectivity index (χ4n) is 4.12. The third-order valence-electron chi connectivity index (χ3n) is 5.96. The molecule has 1 amide bonds. The molecule has 4 nitrogen and oxygen atoms in total. The Hall–Kier alpha value is -2.66. The van der Waals surface area contributed by atoms with Gasteiger partial charge in [0.25, 0.3) is 5.91 Å². The van der Waals surface area contributed by atoms with Crippen molar-refractivity contribution >= 4 is 42.9 Å². The van der Waals surface area contributed by atoms with Crippen molar-refractivity contribution in [2.24, 2.45) is 5.73 Å². The van der Waals surface area contributed by atoms with Crippen molar-refractivity contribution < 1.29 is 4.79 Å². The predicted molar refractivity (Wildman–Crippen MR) is 141 cm³/mol. The van der Waals surface area contributed by atoms with Crippen LogP contribution < -0.4 is 5.73 Å². The summed E-state index contributed by atoms with van der Waals surface area (Å²) < 4.78 is 0. The number of carbonyl (C=O) groups is 1. The predicted octanol–water partition coefficient (Wildman–Crippen LogP) is 6.14. The number of aromatic nitrogens is 1. The number of carbonyl (C=O) groups excluding carboxylic acids is 1. The molecule has 2 heterocycles. The molecule has 1 saturated heterocycles. The minimum Gasteiger partial charge on any atom is -0.339 e. The molecule has 1 aliphatic rings. The number of amides is 1. The molecule has 4 rings (SSSR count). The van der Waals surface area contributed by atoms with E-state index in [1.54, 1.807) is 12.4 Å². The van der Waals surface area contributed by atoms with Gasteiger partial charge in [-0.15, -0.1) is 24.8 Å². The summed E-state index contributed by atoms with van der Waals surface area (Å²) in [4.78, 5) is 19.3. The summed E-state index contributed by atoms with van der Waals surface area (Å²) in [7, 11) is 0. The van der Waals surface area contributed by atoms with Gasteiger partial charge in [-0.3, -0.25) is 9.78 Å². The van der Waals surface area contributed by atoms with Crippen molar-refractivity contribution in [3.63, 3.8) is 0 Å². The minimum atomic E-state index is 0. The third-order valence-corrected chi connectivity index (χ3v) is 5.96. The molecule has 0 bridgehead atoms. The lowest BCUT2D eigenvalue weighted by molar-refractivity contribution is 0.0712. The molecule has 174 valence electrons. The van der Waals surface area contributed by atoms with E-state index in [1.807, 2.05) is 60.4 Å². The second-order valence-corrected chi connectivity index (χ2v) is 8.28. The number of hydrogen-bond donors (Lipinski definition) is 1. The number of pyridine rings is 1. The van der Waals surface area contributed by atoms with E-state index in [9.17, 15) is 4.79 Å². The monoisotopic (exact) mass is 483 g/mol. The number of benzene rings is 2. The van der Waals surface area contributed by atoms with E-state index in [0.717, 1.165) is 37.1 Å². The van der Waals surface area contributed by atoms with Gasteiger partial charge >= 0.3 is 0 Å². The minimum absolute atomic E-state index is 0. The lowest BCUT2D eigenvalue weighted by Gasteiger charge is -2.32. The molecule has 2 N–H and O–H groups in total. The van der Waals surface area contributed by atoms with Crippen molar-refractivity contribution in [3.05, 3.63) is 101 Å². The first-order valence-electron chi connectivity index (χ1n) is 10.9. The van der Waals surface area contributed by atoms with Crippen LogP contribution in [0.15, 0.2) is 73.1 Å². The zero-order valence-electron chi connectivity index (χ0n) is 18.8. The van der Waals surface area contributed by atoms with Crippen molar-refractivity contribution in [1.82, 2.24) is 9.88 Å². The molecular formula is C27H31Cl2N3O. The summed E-state index contributed by atoms with van der Waals surface area (Å²) in [6.07, 6.45) is 9.42. The van der Waals surface area contributed by atoms with Crippen molar-refractivity contribution in [2.45, 2.75) is 31.7 Å². The highest BCUT2D eigenvalue weighted by Crippen LogP contribution is 2.30. The molecule has 6 heteroatoms. The SMILES string of the molecule is CC(N)c1cccc(C2CCN(C(=O)c3cncc(C=Cc4ccccc4)c3)CC2)c1.Cl.Cl. The zero-order valence-corrected chi connectivity index (χ0v) is 20.4. The molecule has 1 aliphatic heterocycles. The summed E-state index contributed by atoms with van der Waals surface area (Å²) in [6, 6.07) is 20.6. The van der Waals surface area contributed by atoms with Gasteiger partial charge in [-0.05, 0) is 54.0 Å². The molecule has 33 heavy (non-hydrogen) atoms. The van der Waals surface area contributed by atoms with Gasteiger partial charge in [0.15, 0.2) is 0 Å². The van der Waals surface area contributed by atoms with Gasteiger partial charge in [0.2, 0.25) is 0 Å². The van der Waals surface area contributed by atoms with Crippen LogP contribution in [0.2, 0.25) is 0 Å². The quantitative estimate of drug-likeness (QED) is 0.474. The number of nitrogens with zero attached hydrogens (tertiary/aromatic N) is 2. The first-order valence-corrected chi connectivity index (χ1v) is 10.9. The molecule has 1 unspecified atom stereocenters. The van der Waals surface area contributed by atoms with Gasteiger partial charge in [0, 0.05) is 31.5 Å². The Morgan fingerprint density at radius 2 is 1.67 bits per heavy atom. The number of hydrogen-bond acceptors (Lipinski definition) is 3. The van der Waals surface area contributed by atoms with Gasteiger partial charge < -0.3 is 10.6 Å². The van der Waals surface area contributed by atoms with E-state index < -0.39 is 0 Å². The molecule has 0 aliphatic carbocycles. The Kier molecular flexibility index (Phi) is 10.1. The Bertz CT molecular complexity index is 1060. The summed E-state index contributed by atoms with van der Waals surface area (Å²) >= 11 is 0. The largest absolute Gasteiger partial charge is 0.339 e. The number of rotatable bonds is 5. The van der Waals surface area contributed by atoms with Crippen molar-refractivity contribution in [3.8, 4) is 0 Å². The van der Waals surface area contributed by atoms with Gasteiger partial charge in [0.1, 0.15) is 0 Å². The number of halogens is 2. The third kappa shape index (κ3) is 6.91. The smallest absolute Gasteiger partial charge is 0.255 e. The molecular weight excluding hydrogens is 453 g/mol. The summed E-state index contributed by atoms with van der Waals surface area (Å²) in [6.45, 7) is 3.53. The van der Waals surface area contributed by atoms with Crippen LogP contribution in [0.1, 0.15) is 64.3 Å². The Morgan fingerprint density at radius 3 is 2.36 bits per heavy atom. The van der Waals surface area contributed by atoms with Crippen LogP contribution in [-0.2, 0) is 0 Å². The Morgan fingerprint density at radius 1 is 0.970 bits per heavy atom. The second kappa shape index (κ2) is 12.5. The maximum atomic E-state index is 13.1. The van der Waals surface area contributed by atoms with Crippen LogP contribution in [0.5, 0.6) is 0 Å². The van der Waals surface area contributed by atoms with Gasteiger partial charge in [0.05, 0.1) is 5.56 Å². The van der Waals surface area contributed by atoms with Crippen LogP contribution in [0.25, 0.3) is 12.2 Å². The highest BCUT2D eigenvalue weighted by Gasteiger charge is 2.25. The second-order valence-electron chi connectivity index (χ2n) is 8.28. The molecule has 1 fully saturated rings. The van der Waals surface area contributed by atoms with Crippen LogP contribution in [-0.4, -0.2) is 28.9 Å². The number of nitrogens with two attached hydrogens (primary N) is 1. The van der Waals surface area contributed by atoms with E-state index in [-0.39, 0.29) is 36.8 Å². The van der Waals surface area contributed by atoms with Crippen molar-refractivity contribution in [1.29, 1.82) is 0 Å². The highest BCUT2D eigenvalue weighted by atomic mass is 35.5. The Labute approximate surface area is 208 Å². The number of likely N-dealkylation sites (tertiary alicyclic amines) is 1. The van der Waals surface area contributed by atoms with E-state index in [1.165, 1.54) is 11.1 Å². The maximum absolute atomic E-state index is 13.1. The van der Waals surface area contributed by atoms with Crippen LogP contribution in [0.3, 0.4) is 0 Å². The van der Waals surface area contributed by atoms with Gasteiger partial charge in [-0.25, -0.2) is 0 Å². The first kappa shape index (κ1) is 26.6. The molecule has 0 spiro atoms. The van der Waals surface area contributed by atoms with E-state index in [4.69, 9.17) is 5.73 Å². The highest BCUT2D eigenvalue weighted by molar-refractivity contribution is 5.94. The van der Waals surface area contributed by atoms with Gasteiger partial charge in [-0.1, -0.05) is 66.7 Å². The van der Waals surface area contributed by atoms with Crippen LogP contribution in [0.4, 0.5) is 0 Å². The average molecular weight is 484 g/mol. The van der Waals surface area contributed by atoms with Crippen LogP contribution >= 0.6 is 24.8 Å². The normalized spacial score (nSPS) is 14.9. The number of piperidine rings is 1. The van der Waals surface area contributed by atoms with E-state index in [2.05, 4.69) is 29.2 Å². The van der Waals surface area contributed by atoms with Crippen LogP contribution in [0, 0.1) is 0 Å². The van der Waals surface area contributed by atoms with E-state index in [0.29, 0.717) is 11.5 Å². The molecule has 0 saturated carbocycles. The molecule has 0 radical (unpaired) electrons. The molecule has 2 aromatic carbocycles. The maximum Gasteiger partial charge on any atom is 0.255 e. The van der Waals surface area contributed by atoms with Gasteiger partial charge in [-0.2, -0.15) is 0 Å². The summed E-state index contributed by atoms with van der Waals surface area (Å²) in [5.74, 6) is 0.534. The fraction of sp³-hybridized carbons (Fsp3) is 0.259. The average Bonchev–Trinajstić information content (AvgIpc) is 2.83. The Balaban J connectivity index is 0.00000193.